The van der Waals surface area contributed by atoms with Gasteiger partial charge in [0.15, 0.2) is 5.78 Å². The molecule has 5 rings (SSSR count). The number of allylic oxidation sites excluding steroid dienone is 2. The van der Waals surface area contributed by atoms with Crippen molar-refractivity contribution in [3.05, 3.63) is 110 Å². The number of esters is 1. The lowest BCUT2D eigenvalue weighted by molar-refractivity contribution is -0.154. The Morgan fingerprint density at radius 2 is 1.44 bits per heavy atom. The van der Waals surface area contributed by atoms with Gasteiger partial charge in [0.25, 0.3) is 17.7 Å². The number of halogens is 3. The number of fused-ring (bicyclic) bond motifs is 1. The van der Waals surface area contributed by atoms with Gasteiger partial charge >= 0.3 is 5.97 Å². The zero-order valence-electron chi connectivity index (χ0n) is 21.3. The molecule has 3 aromatic rings. The summed E-state index contributed by atoms with van der Waals surface area (Å²) in [6, 6.07) is 16.6. The fourth-order valence-corrected chi connectivity index (χ4v) is 5.50. The van der Waals surface area contributed by atoms with Gasteiger partial charge in [-0.15, -0.1) is 0 Å². The Balaban J connectivity index is 1.38. The maximum atomic E-state index is 13.7. The minimum atomic E-state index is -0.798. The molecule has 0 spiro atoms. The fourth-order valence-electron chi connectivity index (χ4n) is 4.74. The second kappa shape index (κ2) is 12.0. The van der Waals surface area contributed by atoms with Crippen molar-refractivity contribution in [1.82, 2.24) is 10.0 Å². The topological polar surface area (TPSA) is 101 Å². The molecule has 41 heavy (non-hydrogen) atoms. The number of rotatable bonds is 7. The number of amides is 3. The minimum absolute atomic E-state index is 0.00932. The molecule has 0 unspecified atom stereocenters. The molecule has 8 nitrogen and oxygen atoms in total. The Labute approximate surface area is 253 Å². The summed E-state index contributed by atoms with van der Waals surface area (Å²) in [6.07, 6.45) is 4.39. The normalized spacial score (nSPS) is 17.8. The van der Waals surface area contributed by atoms with Gasteiger partial charge in [0.05, 0.1) is 28.0 Å². The van der Waals surface area contributed by atoms with Crippen LogP contribution in [0.4, 0.5) is 0 Å². The number of hydrogen-bond acceptors (Lipinski definition) is 6. The summed E-state index contributed by atoms with van der Waals surface area (Å²) in [7, 11) is 0. The first-order chi connectivity index (χ1) is 19.6. The number of carbonyl (C=O) groups is 5. The predicted molar refractivity (Wildman–Crippen MR) is 155 cm³/mol. The average Bonchev–Trinajstić information content (AvgIpc) is 3.21. The third kappa shape index (κ3) is 5.98. The van der Waals surface area contributed by atoms with Crippen molar-refractivity contribution < 1.29 is 28.7 Å². The zero-order valence-corrected chi connectivity index (χ0v) is 24.4. The number of nitrogens with zero attached hydrogens (tertiary/aromatic N) is 2. The number of hydrogen-bond donors (Lipinski definition) is 0. The number of ketones is 1. The zero-order chi connectivity index (χ0) is 29.3. The van der Waals surface area contributed by atoms with Crippen molar-refractivity contribution in [2.24, 2.45) is 11.8 Å². The van der Waals surface area contributed by atoms with E-state index in [1.54, 1.807) is 24.3 Å². The third-order valence-electron chi connectivity index (χ3n) is 6.88. The number of ether oxygens (including phenoxy) is 1. The SMILES string of the molecule is O=C(CN(C(=O)c1ccc(Cl)cc1Cl)N1C(=O)[C@@H]2CC=CC[C@H]2C1=O)c1ccc(OC(=O)c2ccc(Br)cc2)cc1. The van der Waals surface area contributed by atoms with E-state index in [4.69, 9.17) is 27.9 Å². The van der Waals surface area contributed by atoms with Gasteiger partial charge in [0, 0.05) is 15.1 Å². The Bertz CT molecular complexity index is 1560. The van der Waals surface area contributed by atoms with Crippen LogP contribution < -0.4 is 4.74 Å². The molecule has 2 aliphatic rings. The van der Waals surface area contributed by atoms with Crippen LogP contribution in [-0.4, -0.2) is 46.0 Å². The van der Waals surface area contributed by atoms with Gasteiger partial charge < -0.3 is 4.74 Å². The average molecular weight is 656 g/mol. The summed E-state index contributed by atoms with van der Waals surface area (Å²) in [5, 5.41) is 1.93. The number of hydrazine groups is 1. The molecule has 11 heteroatoms. The van der Waals surface area contributed by atoms with Gasteiger partial charge in [-0.25, -0.2) is 9.80 Å². The largest absolute Gasteiger partial charge is 0.423 e. The van der Waals surface area contributed by atoms with Gasteiger partial charge in [-0.1, -0.05) is 51.3 Å². The second-order valence-corrected chi connectivity index (χ2v) is 11.2. The Kier molecular flexibility index (Phi) is 8.40. The molecule has 0 saturated carbocycles. The van der Waals surface area contributed by atoms with Crippen molar-refractivity contribution in [2.45, 2.75) is 12.8 Å². The van der Waals surface area contributed by atoms with Crippen molar-refractivity contribution in [3.8, 4) is 5.75 Å². The Morgan fingerprint density at radius 3 is 2.02 bits per heavy atom. The van der Waals surface area contributed by atoms with Gasteiger partial charge in [-0.05, 0) is 79.6 Å². The van der Waals surface area contributed by atoms with Gasteiger partial charge in [-0.3, -0.25) is 19.2 Å². The smallest absolute Gasteiger partial charge is 0.343 e. The van der Waals surface area contributed by atoms with E-state index in [1.807, 2.05) is 12.2 Å². The molecule has 208 valence electrons. The lowest BCUT2D eigenvalue weighted by atomic mass is 9.85. The highest BCUT2D eigenvalue weighted by atomic mass is 79.9. The standard InChI is InChI=1S/C30H21BrCl2N2O6/c31-19-9-5-18(6-10-19)30(40)41-21-12-7-17(8-13-21)26(36)16-34(27(37)24-14-11-20(32)15-25(24)33)35-28(38)22-3-1-2-4-23(22)29(35)39/h1-2,5-15,22-23H,3-4,16H2/t22-,23-/m1/s1. The van der Waals surface area contributed by atoms with Gasteiger partial charge in [0.2, 0.25) is 0 Å². The second-order valence-electron chi connectivity index (χ2n) is 9.48. The first-order valence-corrected chi connectivity index (χ1v) is 14.1. The van der Waals surface area contributed by atoms with Crippen LogP contribution in [0.25, 0.3) is 0 Å². The molecule has 0 radical (unpaired) electrons. The molecular formula is C30H21BrCl2N2O6. The molecule has 1 aliphatic carbocycles. The third-order valence-corrected chi connectivity index (χ3v) is 7.96. The van der Waals surface area contributed by atoms with E-state index < -0.39 is 47.9 Å². The van der Waals surface area contributed by atoms with Crippen LogP contribution in [0.1, 0.15) is 43.9 Å². The highest BCUT2D eigenvalue weighted by Crippen LogP contribution is 2.37. The van der Waals surface area contributed by atoms with E-state index in [0.717, 1.165) is 14.5 Å². The summed E-state index contributed by atoms with van der Waals surface area (Å²) in [5.74, 6) is -4.05. The van der Waals surface area contributed by atoms with Crippen LogP contribution in [0.2, 0.25) is 10.0 Å². The van der Waals surface area contributed by atoms with Crippen molar-refractivity contribution >= 4 is 68.6 Å². The van der Waals surface area contributed by atoms with E-state index in [2.05, 4.69) is 15.9 Å². The number of Topliss-reactive ketones (excluding diaryl/α,β-unsaturated/α-hetero) is 1. The highest BCUT2D eigenvalue weighted by Gasteiger charge is 2.51. The molecular weight excluding hydrogens is 635 g/mol. The molecule has 0 aromatic heterocycles. The first-order valence-electron chi connectivity index (χ1n) is 12.5. The Morgan fingerprint density at radius 1 is 0.854 bits per heavy atom. The maximum absolute atomic E-state index is 13.7. The van der Waals surface area contributed by atoms with E-state index >= 15 is 0 Å². The summed E-state index contributed by atoms with van der Waals surface area (Å²) >= 11 is 15.6. The lowest BCUT2D eigenvalue weighted by Crippen LogP contribution is -2.52. The van der Waals surface area contributed by atoms with Crippen molar-refractivity contribution in [3.63, 3.8) is 0 Å². The Hall–Kier alpha value is -3.79. The van der Waals surface area contributed by atoms with Crippen LogP contribution in [0.3, 0.4) is 0 Å². The number of benzene rings is 3. The monoisotopic (exact) mass is 654 g/mol. The molecule has 3 aromatic carbocycles. The molecule has 0 bridgehead atoms. The quantitative estimate of drug-likeness (QED) is 0.0993. The molecule has 1 aliphatic heterocycles. The number of carbonyl (C=O) groups excluding carboxylic acids is 5. The van der Waals surface area contributed by atoms with Gasteiger partial charge in [0.1, 0.15) is 12.3 Å². The molecule has 1 heterocycles. The number of imide groups is 1. The summed E-state index contributed by atoms with van der Waals surface area (Å²) in [5.41, 5.74) is 0.498. The predicted octanol–water partition coefficient (Wildman–Crippen LogP) is 6.17. The van der Waals surface area contributed by atoms with Crippen molar-refractivity contribution in [2.75, 3.05) is 6.54 Å². The van der Waals surface area contributed by atoms with Crippen LogP contribution in [0, 0.1) is 11.8 Å². The van der Waals surface area contributed by atoms with E-state index in [1.165, 1.54) is 42.5 Å². The van der Waals surface area contributed by atoms with Gasteiger partial charge in [-0.2, -0.15) is 5.01 Å². The fraction of sp³-hybridized carbons (Fsp3) is 0.167. The first kappa shape index (κ1) is 28.7. The van der Waals surface area contributed by atoms with E-state index in [-0.39, 0.29) is 21.9 Å². The molecule has 3 amide bonds. The van der Waals surface area contributed by atoms with E-state index in [0.29, 0.717) is 23.4 Å². The summed E-state index contributed by atoms with van der Waals surface area (Å²) in [6.45, 7) is -0.611. The van der Waals surface area contributed by atoms with Crippen LogP contribution in [0.5, 0.6) is 5.75 Å². The van der Waals surface area contributed by atoms with Crippen LogP contribution in [-0.2, 0) is 9.59 Å². The minimum Gasteiger partial charge on any atom is -0.423 e. The molecule has 1 fully saturated rings. The molecule has 2 atom stereocenters. The summed E-state index contributed by atoms with van der Waals surface area (Å²) in [4.78, 5) is 66.1. The lowest BCUT2D eigenvalue weighted by Gasteiger charge is -2.30. The summed E-state index contributed by atoms with van der Waals surface area (Å²) < 4.78 is 6.19. The molecule has 0 N–H and O–H groups in total. The van der Waals surface area contributed by atoms with Crippen LogP contribution >= 0.6 is 39.1 Å². The maximum Gasteiger partial charge on any atom is 0.343 e. The van der Waals surface area contributed by atoms with E-state index in [9.17, 15) is 24.0 Å². The highest BCUT2D eigenvalue weighted by molar-refractivity contribution is 9.10. The molecule has 1 saturated heterocycles. The van der Waals surface area contributed by atoms with Crippen molar-refractivity contribution in [1.29, 1.82) is 0 Å². The van der Waals surface area contributed by atoms with Crippen LogP contribution in [0.15, 0.2) is 83.4 Å².